The van der Waals surface area contributed by atoms with Crippen molar-refractivity contribution < 1.29 is 4.79 Å². The lowest BCUT2D eigenvalue weighted by Crippen LogP contribution is -2.24. The largest absolute Gasteiger partial charge is 0.352 e. The van der Waals surface area contributed by atoms with E-state index in [1.165, 1.54) is 0 Å². The molecule has 24 heavy (non-hydrogen) atoms. The summed E-state index contributed by atoms with van der Waals surface area (Å²) in [5.41, 5.74) is 5.02. The first-order chi connectivity index (χ1) is 11.7. The van der Waals surface area contributed by atoms with Crippen LogP contribution in [0.3, 0.4) is 0 Å². The molecule has 0 saturated carbocycles. The molecule has 1 aromatic carbocycles. The van der Waals surface area contributed by atoms with Crippen LogP contribution < -0.4 is 5.32 Å². The van der Waals surface area contributed by atoms with Crippen molar-refractivity contribution in [1.82, 2.24) is 15.3 Å². The van der Waals surface area contributed by atoms with Crippen molar-refractivity contribution in [3.05, 3.63) is 83.8 Å². The molecule has 0 fully saturated rings. The van der Waals surface area contributed by atoms with Crippen LogP contribution >= 0.6 is 0 Å². The second-order valence-electron chi connectivity index (χ2n) is 5.73. The van der Waals surface area contributed by atoms with Crippen LogP contribution in [0.1, 0.15) is 16.7 Å². The highest BCUT2D eigenvalue weighted by atomic mass is 16.1. The number of benzene rings is 1. The van der Waals surface area contributed by atoms with Crippen LogP contribution in [0, 0.1) is 6.92 Å². The number of nitrogens with one attached hydrogen (secondary N) is 1. The van der Waals surface area contributed by atoms with Gasteiger partial charge in [-0.25, -0.2) is 0 Å². The summed E-state index contributed by atoms with van der Waals surface area (Å²) in [6, 6.07) is 15.7. The molecule has 0 unspecified atom stereocenters. The third kappa shape index (κ3) is 4.26. The molecule has 4 nitrogen and oxygen atoms in total. The smallest absolute Gasteiger partial charge is 0.224 e. The monoisotopic (exact) mass is 317 g/mol. The van der Waals surface area contributed by atoms with E-state index < -0.39 is 0 Å². The van der Waals surface area contributed by atoms with Gasteiger partial charge in [0.05, 0.1) is 12.1 Å². The highest BCUT2D eigenvalue weighted by Crippen LogP contribution is 2.16. The van der Waals surface area contributed by atoms with Gasteiger partial charge in [0.1, 0.15) is 0 Å². The summed E-state index contributed by atoms with van der Waals surface area (Å²) in [4.78, 5) is 20.6. The van der Waals surface area contributed by atoms with E-state index in [4.69, 9.17) is 0 Å². The second-order valence-corrected chi connectivity index (χ2v) is 5.73. The summed E-state index contributed by atoms with van der Waals surface area (Å²) >= 11 is 0. The van der Waals surface area contributed by atoms with Crippen LogP contribution in [0.15, 0.2) is 67.1 Å². The number of hydrogen-bond acceptors (Lipinski definition) is 3. The third-order valence-electron chi connectivity index (χ3n) is 3.72. The first-order valence-corrected chi connectivity index (χ1v) is 7.88. The zero-order valence-corrected chi connectivity index (χ0v) is 13.6. The molecule has 4 heteroatoms. The van der Waals surface area contributed by atoms with E-state index in [0.717, 1.165) is 27.9 Å². The van der Waals surface area contributed by atoms with Crippen LogP contribution in [0.4, 0.5) is 0 Å². The topological polar surface area (TPSA) is 54.9 Å². The molecule has 2 heterocycles. The van der Waals surface area contributed by atoms with Crippen molar-refractivity contribution in [2.45, 2.75) is 19.9 Å². The van der Waals surface area contributed by atoms with Crippen molar-refractivity contribution in [2.24, 2.45) is 0 Å². The quantitative estimate of drug-likeness (QED) is 0.785. The molecule has 2 aromatic heterocycles. The van der Waals surface area contributed by atoms with Gasteiger partial charge in [-0.3, -0.25) is 14.8 Å². The molecule has 1 N–H and O–H groups in total. The minimum absolute atomic E-state index is 0.0142. The summed E-state index contributed by atoms with van der Waals surface area (Å²) in [6.07, 6.45) is 5.66. The molecular weight excluding hydrogens is 298 g/mol. The van der Waals surface area contributed by atoms with E-state index in [1.54, 1.807) is 18.6 Å². The number of nitrogens with zero attached hydrogens (tertiary/aromatic N) is 2. The molecule has 3 rings (SSSR count). The maximum Gasteiger partial charge on any atom is 0.224 e. The Morgan fingerprint density at radius 3 is 2.75 bits per heavy atom. The molecule has 0 aliphatic rings. The molecular formula is C20H19N3O. The Balaban J connectivity index is 1.61. The lowest BCUT2D eigenvalue weighted by Gasteiger charge is -2.07. The Morgan fingerprint density at radius 2 is 1.96 bits per heavy atom. The van der Waals surface area contributed by atoms with Crippen LogP contribution in [-0.2, 0) is 17.8 Å². The predicted molar refractivity (Wildman–Crippen MR) is 94.2 cm³/mol. The lowest BCUT2D eigenvalue weighted by atomic mass is 10.1. The molecule has 1 amide bonds. The first-order valence-electron chi connectivity index (χ1n) is 7.88. The SMILES string of the molecule is Cc1cccc(CC(=O)NCc2ccnc(-c3cccnc3)c2)c1. The minimum Gasteiger partial charge on any atom is -0.352 e. The average Bonchev–Trinajstić information content (AvgIpc) is 2.61. The van der Waals surface area contributed by atoms with Crippen molar-refractivity contribution >= 4 is 5.91 Å². The molecule has 0 bridgehead atoms. The van der Waals surface area contributed by atoms with Gasteiger partial charge in [0, 0.05) is 30.7 Å². The molecule has 120 valence electrons. The Labute approximate surface area is 141 Å². The number of rotatable bonds is 5. The van der Waals surface area contributed by atoms with Crippen molar-refractivity contribution in [1.29, 1.82) is 0 Å². The van der Waals surface area contributed by atoms with Gasteiger partial charge in [-0.2, -0.15) is 0 Å². The summed E-state index contributed by atoms with van der Waals surface area (Å²) in [7, 11) is 0. The summed E-state index contributed by atoms with van der Waals surface area (Å²) in [5, 5.41) is 2.96. The standard InChI is InChI=1S/C20H19N3O/c1-15-4-2-5-16(10-15)12-20(24)23-13-17-7-9-22-19(11-17)18-6-3-8-21-14-18/h2-11,14H,12-13H2,1H3,(H,23,24). The van der Waals surface area contributed by atoms with Gasteiger partial charge in [-0.1, -0.05) is 29.8 Å². The Morgan fingerprint density at radius 1 is 1.04 bits per heavy atom. The number of aromatic nitrogens is 2. The van der Waals surface area contributed by atoms with Crippen LogP contribution in [0.5, 0.6) is 0 Å². The van der Waals surface area contributed by atoms with E-state index in [9.17, 15) is 4.79 Å². The number of aryl methyl sites for hydroxylation is 1. The van der Waals surface area contributed by atoms with Gasteiger partial charge in [-0.15, -0.1) is 0 Å². The zero-order chi connectivity index (χ0) is 16.8. The molecule has 0 aliphatic carbocycles. The van der Waals surface area contributed by atoms with Gasteiger partial charge in [0.15, 0.2) is 0 Å². The Bertz CT molecular complexity index is 831. The Kier molecular flexibility index (Phi) is 4.96. The summed E-state index contributed by atoms with van der Waals surface area (Å²) in [5.74, 6) is 0.0142. The fourth-order valence-electron chi connectivity index (χ4n) is 2.53. The normalized spacial score (nSPS) is 10.4. The van der Waals surface area contributed by atoms with E-state index >= 15 is 0 Å². The average molecular weight is 317 g/mol. The molecule has 3 aromatic rings. The van der Waals surface area contributed by atoms with Gasteiger partial charge < -0.3 is 5.32 Å². The number of carbonyl (C=O) groups excluding carboxylic acids is 1. The number of pyridine rings is 2. The third-order valence-corrected chi connectivity index (χ3v) is 3.72. The van der Waals surface area contributed by atoms with Gasteiger partial charge in [0.2, 0.25) is 5.91 Å². The number of hydrogen-bond donors (Lipinski definition) is 1. The zero-order valence-electron chi connectivity index (χ0n) is 13.6. The van der Waals surface area contributed by atoms with E-state index in [-0.39, 0.29) is 5.91 Å². The van der Waals surface area contributed by atoms with Crippen molar-refractivity contribution in [2.75, 3.05) is 0 Å². The fourth-order valence-corrected chi connectivity index (χ4v) is 2.53. The minimum atomic E-state index is 0.0142. The van der Waals surface area contributed by atoms with Crippen molar-refractivity contribution in [3.63, 3.8) is 0 Å². The maximum absolute atomic E-state index is 12.1. The van der Waals surface area contributed by atoms with Crippen LogP contribution in [0.2, 0.25) is 0 Å². The van der Waals surface area contributed by atoms with Crippen molar-refractivity contribution in [3.8, 4) is 11.3 Å². The predicted octanol–water partition coefficient (Wildman–Crippen LogP) is 3.31. The van der Waals surface area contributed by atoms with E-state index in [1.807, 2.05) is 55.5 Å². The van der Waals surface area contributed by atoms with Gasteiger partial charge >= 0.3 is 0 Å². The fraction of sp³-hybridized carbons (Fsp3) is 0.150. The summed E-state index contributed by atoms with van der Waals surface area (Å²) < 4.78 is 0. The van der Waals surface area contributed by atoms with E-state index in [2.05, 4.69) is 15.3 Å². The highest BCUT2D eigenvalue weighted by molar-refractivity contribution is 5.78. The summed E-state index contributed by atoms with van der Waals surface area (Å²) in [6.45, 7) is 2.51. The molecule has 0 aliphatic heterocycles. The molecule has 0 atom stereocenters. The number of carbonyl (C=O) groups is 1. The lowest BCUT2D eigenvalue weighted by molar-refractivity contribution is -0.120. The molecule has 0 spiro atoms. The van der Waals surface area contributed by atoms with E-state index in [0.29, 0.717) is 13.0 Å². The maximum atomic E-state index is 12.1. The van der Waals surface area contributed by atoms with Crippen LogP contribution in [0.25, 0.3) is 11.3 Å². The van der Waals surface area contributed by atoms with Crippen LogP contribution in [-0.4, -0.2) is 15.9 Å². The van der Waals surface area contributed by atoms with Gasteiger partial charge in [0.25, 0.3) is 0 Å². The second kappa shape index (κ2) is 7.51. The first kappa shape index (κ1) is 15.9. The number of amides is 1. The highest BCUT2D eigenvalue weighted by Gasteiger charge is 2.05. The van der Waals surface area contributed by atoms with Gasteiger partial charge in [-0.05, 0) is 42.3 Å². The molecule has 0 saturated heterocycles. The Hall–Kier alpha value is -3.01. The molecule has 0 radical (unpaired) electrons.